The molecule has 0 amide bonds. The molecular formula is C12H16N3O2+. The van der Waals surface area contributed by atoms with Gasteiger partial charge in [0.2, 0.25) is 0 Å². The fraction of sp³-hybridized carbons (Fsp3) is 0.333. The van der Waals surface area contributed by atoms with Crippen molar-refractivity contribution >= 4 is 16.6 Å². The maximum Gasteiger partial charge on any atom is 0.279 e. The number of hydrogen-bond acceptors (Lipinski definition) is 2. The van der Waals surface area contributed by atoms with Gasteiger partial charge in [0, 0.05) is 17.8 Å². The molecule has 0 saturated carbocycles. The SMILES string of the molecule is C[N+](C)(C)Cc1c[nH]c2cccc([N+](=O)[O-])c12. The summed E-state index contributed by atoms with van der Waals surface area (Å²) in [6.45, 7) is 0.755. The number of benzene rings is 1. The summed E-state index contributed by atoms with van der Waals surface area (Å²) < 4.78 is 0.735. The second-order valence-electron chi connectivity index (χ2n) is 5.22. The quantitative estimate of drug-likeness (QED) is 0.503. The Hall–Kier alpha value is -1.88. The number of rotatable bonds is 3. The van der Waals surface area contributed by atoms with E-state index in [-0.39, 0.29) is 10.6 Å². The highest BCUT2D eigenvalue weighted by Crippen LogP contribution is 2.29. The molecule has 0 radical (unpaired) electrons. The molecule has 0 aliphatic rings. The Morgan fingerprint density at radius 3 is 2.65 bits per heavy atom. The van der Waals surface area contributed by atoms with Gasteiger partial charge in [0.05, 0.1) is 37.0 Å². The molecular weight excluding hydrogens is 218 g/mol. The first-order valence-electron chi connectivity index (χ1n) is 5.42. The van der Waals surface area contributed by atoms with Gasteiger partial charge in [-0.2, -0.15) is 0 Å². The number of H-pyrrole nitrogens is 1. The summed E-state index contributed by atoms with van der Waals surface area (Å²) in [5.41, 5.74) is 1.98. The van der Waals surface area contributed by atoms with E-state index in [2.05, 4.69) is 26.1 Å². The van der Waals surface area contributed by atoms with Crippen LogP contribution in [0.5, 0.6) is 0 Å². The van der Waals surface area contributed by atoms with Crippen LogP contribution in [0.4, 0.5) is 5.69 Å². The predicted molar refractivity (Wildman–Crippen MR) is 66.7 cm³/mol. The van der Waals surface area contributed by atoms with Gasteiger partial charge in [0.25, 0.3) is 5.69 Å². The third-order valence-electron chi connectivity index (χ3n) is 2.61. The van der Waals surface area contributed by atoms with E-state index in [4.69, 9.17) is 0 Å². The maximum atomic E-state index is 11.0. The van der Waals surface area contributed by atoms with Crippen LogP contribution in [0.2, 0.25) is 0 Å². The van der Waals surface area contributed by atoms with E-state index in [1.807, 2.05) is 12.3 Å². The fourth-order valence-electron chi connectivity index (χ4n) is 2.02. The van der Waals surface area contributed by atoms with Crippen LogP contribution in [-0.4, -0.2) is 35.5 Å². The summed E-state index contributed by atoms with van der Waals surface area (Å²) >= 11 is 0. The number of non-ortho nitro benzene ring substituents is 1. The standard InChI is InChI=1S/C12H16N3O2/c1-15(2,3)8-9-7-13-10-5-4-6-11(12(9)10)14(16)17/h4-7,13H,8H2,1-3H3/q+1. The molecule has 90 valence electrons. The third kappa shape index (κ3) is 2.29. The van der Waals surface area contributed by atoms with Gasteiger partial charge in [-0.25, -0.2) is 0 Å². The van der Waals surface area contributed by atoms with Crippen molar-refractivity contribution in [2.24, 2.45) is 0 Å². The number of nitrogens with zero attached hydrogens (tertiary/aromatic N) is 2. The van der Waals surface area contributed by atoms with E-state index in [1.165, 1.54) is 0 Å². The minimum atomic E-state index is -0.324. The maximum absolute atomic E-state index is 11.0. The molecule has 17 heavy (non-hydrogen) atoms. The first-order valence-corrected chi connectivity index (χ1v) is 5.42. The van der Waals surface area contributed by atoms with Crippen molar-refractivity contribution in [3.8, 4) is 0 Å². The number of nitro groups is 1. The number of nitrogens with one attached hydrogen (secondary N) is 1. The molecule has 0 atom stereocenters. The highest BCUT2D eigenvalue weighted by atomic mass is 16.6. The lowest BCUT2D eigenvalue weighted by molar-refractivity contribution is -0.883. The molecule has 0 aliphatic carbocycles. The van der Waals surface area contributed by atoms with Crippen molar-refractivity contribution in [1.82, 2.24) is 4.98 Å². The van der Waals surface area contributed by atoms with E-state index < -0.39 is 0 Å². The molecule has 1 aromatic carbocycles. The Morgan fingerprint density at radius 2 is 2.06 bits per heavy atom. The fourth-order valence-corrected chi connectivity index (χ4v) is 2.02. The second kappa shape index (κ2) is 3.85. The van der Waals surface area contributed by atoms with Crippen molar-refractivity contribution in [3.63, 3.8) is 0 Å². The minimum Gasteiger partial charge on any atom is -0.360 e. The van der Waals surface area contributed by atoms with Crippen LogP contribution < -0.4 is 0 Å². The summed E-state index contributed by atoms with van der Waals surface area (Å²) in [5.74, 6) is 0. The van der Waals surface area contributed by atoms with Gasteiger partial charge in [-0.05, 0) is 6.07 Å². The highest BCUT2D eigenvalue weighted by molar-refractivity contribution is 5.91. The lowest BCUT2D eigenvalue weighted by atomic mass is 10.1. The number of aromatic amines is 1. The molecule has 0 spiro atoms. The Labute approximate surface area is 99.4 Å². The minimum absolute atomic E-state index is 0.173. The molecule has 0 saturated heterocycles. The zero-order valence-corrected chi connectivity index (χ0v) is 10.2. The largest absolute Gasteiger partial charge is 0.360 e. The van der Waals surface area contributed by atoms with Crippen LogP contribution in [0.15, 0.2) is 24.4 Å². The number of quaternary nitrogens is 1. The Morgan fingerprint density at radius 1 is 1.35 bits per heavy atom. The van der Waals surface area contributed by atoms with Gasteiger partial charge in [0.1, 0.15) is 6.54 Å². The summed E-state index contributed by atoms with van der Waals surface area (Å²) in [4.78, 5) is 13.8. The van der Waals surface area contributed by atoms with Gasteiger partial charge < -0.3 is 9.47 Å². The van der Waals surface area contributed by atoms with Gasteiger partial charge in [0.15, 0.2) is 0 Å². The number of hydrogen-bond donors (Lipinski definition) is 1. The lowest BCUT2D eigenvalue weighted by Gasteiger charge is -2.23. The van der Waals surface area contributed by atoms with E-state index in [0.717, 1.165) is 27.5 Å². The smallest absolute Gasteiger partial charge is 0.279 e. The monoisotopic (exact) mass is 234 g/mol. The average Bonchev–Trinajstić information content (AvgIpc) is 2.59. The van der Waals surface area contributed by atoms with E-state index in [9.17, 15) is 10.1 Å². The molecule has 2 rings (SSSR count). The van der Waals surface area contributed by atoms with Crippen LogP contribution >= 0.6 is 0 Å². The van der Waals surface area contributed by atoms with E-state index in [0.29, 0.717) is 0 Å². The van der Waals surface area contributed by atoms with E-state index in [1.54, 1.807) is 12.1 Å². The Bertz CT molecular complexity index is 567. The van der Waals surface area contributed by atoms with Crippen LogP contribution in [0, 0.1) is 10.1 Å². The molecule has 0 bridgehead atoms. The van der Waals surface area contributed by atoms with Crippen LogP contribution in [0.1, 0.15) is 5.56 Å². The summed E-state index contributed by atoms with van der Waals surface area (Å²) in [6.07, 6.45) is 1.86. The Kier molecular flexibility index (Phi) is 2.63. The molecule has 0 aliphatic heterocycles. The van der Waals surface area contributed by atoms with Gasteiger partial charge >= 0.3 is 0 Å². The zero-order chi connectivity index (χ0) is 12.6. The topological polar surface area (TPSA) is 58.9 Å². The van der Waals surface area contributed by atoms with Gasteiger partial charge in [-0.1, -0.05) is 6.07 Å². The van der Waals surface area contributed by atoms with Crippen LogP contribution in [0.25, 0.3) is 10.9 Å². The van der Waals surface area contributed by atoms with Crippen molar-refractivity contribution in [2.45, 2.75) is 6.54 Å². The molecule has 1 aromatic heterocycles. The third-order valence-corrected chi connectivity index (χ3v) is 2.61. The molecule has 1 N–H and O–H groups in total. The molecule has 0 fully saturated rings. The van der Waals surface area contributed by atoms with Crippen molar-refractivity contribution in [3.05, 3.63) is 40.1 Å². The van der Waals surface area contributed by atoms with Crippen LogP contribution in [-0.2, 0) is 6.54 Å². The van der Waals surface area contributed by atoms with Crippen LogP contribution in [0.3, 0.4) is 0 Å². The summed E-state index contributed by atoms with van der Waals surface area (Å²) in [6, 6.07) is 5.11. The molecule has 2 aromatic rings. The van der Waals surface area contributed by atoms with E-state index >= 15 is 0 Å². The number of nitro benzene ring substituents is 1. The first kappa shape index (κ1) is 11.6. The lowest BCUT2D eigenvalue weighted by Crippen LogP contribution is -2.33. The van der Waals surface area contributed by atoms with Crippen molar-refractivity contribution < 1.29 is 9.41 Å². The Balaban J connectivity index is 2.61. The zero-order valence-electron chi connectivity index (χ0n) is 10.2. The normalized spacial score (nSPS) is 11.9. The molecule has 5 nitrogen and oxygen atoms in total. The first-order chi connectivity index (χ1) is 7.88. The second-order valence-corrected chi connectivity index (χ2v) is 5.22. The van der Waals surface area contributed by atoms with Gasteiger partial charge in [-0.15, -0.1) is 0 Å². The summed E-state index contributed by atoms with van der Waals surface area (Å²) in [5, 5.41) is 11.7. The van der Waals surface area contributed by atoms with Crippen molar-refractivity contribution in [1.29, 1.82) is 0 Å². The molecule has 1 heterocycles. The number of aromatic nitrogens is 1. The molecule has 0 unspecified atom stereocenters. The average molecular weight is 234 g/mol. The summed E-state index contributed by atoms with van der Waals surface area (Å²) in [7, 11) is 6.19. The molecule has 5 heteroatoms. The van der Waals surface area contributed by atoms with Crippen molar-refractivity contribution in [2.75, 3.05) is 21.1 Å². The van der Waals surface area contributed by atoms with Gasteiger partial charge in [-0.3, -0.25) is 10.1 Å². The highest BCUT2D eigenvalue weighted by Gasteiger charge is 2.20. The number of fused-ring (bicyclic) bond motifs is 1. The predicted octanol–water partition coefficient (Wildman–Crippen LogP) is 2.28.